The highest BCUT2D eigenvalue weighted by Crippen LogP contribution is 2.18. The summed E-state index contributed by atoms with van der Waals surface area (Å²) in [7, 11) is 2.08. The summed E-state index contributed by atoms with van der Waals surface area (Å²) in [5.41, 5.74) is 0. The van der Waals surface area contributed by atoms with E-state index in [-0.39, 0.29) is 0 Å². The van der Waals surface area contributed by atoms with Crippen molar-refractivity contribution in [2.24, 2.45) is 0 Å². The second kappa shape index (κ2) is 6.35. The van der Waals surface area contributed by atoms with Gasteiger partial charge in [0, 0.05) is 18.9 Å². The monoisotopic (exact) mass is 277 g/mol. The zero-order chi connectivity index (χ0) is 10.4. The molecule has 0 aliphatic rings. The molecule has 0 aliphatic heterocycles. The van der Waals surface area contributed by atoms with Crippen LogP contribution in [0.25, 0.3) is 0 Å². The Balaban J connectivity index is 2.25. The Morgan fingerprint density at radius 3 is 2.64 bits per heavy atom. The molecule has 1 rings (SSSR count). The van der Waals surface area contributed by atoms with Crippen LogP contribution >= 0.6 is 27.3 Å². The Bertz CT molecular complexity index is 264. The number of alkyl halides is 1. The smallest absolute Gasteiger partial charge is 0.208 e. The van der Waals surface area contributed by atoms with Crippen molar-refractivity contribution in [2.45, 2.75) is 26.2 Å². The summed E-state index contributed by atoms with van der Waals surface area (Å²) < 4.78 is 0. The van der Waals surface area contributed by atoms with Crippen LogP contribution in [0.2, 0.25) is 0 Å². The molecule has 0 N–H and O–H groups in total. The molecule has 14 heavy (non-hydrogen) atoms. The molecule has 5 heteroatoms. The number of nitrogens with zero attached hydrogens (tertiary/aromatic N) is 3. The van der Waals surface area contributed by atoms with E-state index in [1.807, 2.05) is 6.92 Å². The molecule has 0 atom stereocenters. The molecular weight excluding hydrogens is 262 g/mol. The molecule has 3 nitrogen and oxygen atoms in total. The lowest BCUT2D eigenvalue weighted by atomic mass is 10.2. The average Bonchev–Trinajstić information content (AvgIpc) is 2.59. The molecule has 0 amide bonds. The minimum atomic E-state index is 1.03. The van der Waals surface area contributed by atoms with Crippen molar-refractivity contribution in [3.8, 4) is 0 Å². The van der Waals surface area contributed by atoms with Crippen LogP contribution in [0.1, 0.15) is 24.3 Å². The predicted molar refractivity (Wildman–Crippen MR) is 65.6 cm³/mol. The molecule has 0 bridgehead atoms. The van der Waals surface area contributed by atoms with Gasteiger partial charge in [-0.15, -0.1) is 10.2 Å². The SMILES string of the molecule is Cc1nnc(N(C)CCCCCBr)s1. The van der Waals surface area contributed by atoms with Crippen molar-refractivity contribution in [1.82, 2.24) is 10.2 Å². The first-order chi connectivity index (χ1) is 6.74. The van der Waals surface area contributed by atoms with Gasteiger partial charge in [0.05, 0.1) is 0 Å². The first-order valence-corrected chi connectivity index (χ1v) is 6.75. The highest BCUT2D eigenvalue weighted by atomic mass is 79.9. The lowest BCUT2D eigenvalue weighted by Gasteiger charge is -2.14. The van der Waals surface area contributed by atoms with E-state index in [2.05, 4.69) is 38.1 Å². The van der Waals surface area contributed by atoms with Crippen molar-refractivity contribution < 1.29 is 0 Å². The summed E-state index contributed by atoms with van der Waals surface area (Å²) in [5.74, 6) is 0. The third kappa shape index (κ3) is 3.92. The fraction of sp³-hybridized carbons (Fsp3) is 0.778. The summed E-state index contributed by atoms with van der Waals surface area (Å²) in [5, 5.41) is 11.3. The molecule has 1 aromatic rings. The molecular formula is C9H16BrN3S. The number of hydrogen-bond acceptors (Lipinski definition) is 4. The van der Waals surface area contributed by atoms with Crippen LogP contribution in [-0.2, 0) is 0 Å². The Kier molecular flexibility index (Phi) is 5.40. The van der Waals surface area contributed by atoms with Crippen molar-refractivity contribution in [2.75, 3.05) is 23.8 Å². The van der Waals surface area contributed by atoms with Crippen LogP contribution in [0, 0.1) is 6.92 Å². The van der Waals surface area contributed by atoms with E-state index in [1.54, 1.807) is 11.3 Å². The maximum Gasteiger partial charge on any atom is 0.208 e. The molecule has 0 aromatic carbocycles. The van der Waals surface area contributed by atoms with Crippen LogP contribution < -0.4 is 4.90 Å². The summed E-state index contributed by atoms with van der Waals surface area (Å²) in [4.78, 5) is 2.18. The van der Waals surface area contributed by atoms with Gasteiger partial charge in [0.25, 0.3) is 0 Å². The van der Waals surface area contributed by atoms with E-state index < -0.39 is 0 Å². The number of halogens is 1. The Hall–Kier alpha value is -0.160. The minimum Gasteiger partial charge on any atom is -0.350 e. The molecule has 1 aromatic heterocycles. The Labute approximate surface area is 97.7 Å². The van der Waals surface area contributed by atoms with E-state index in [9.17, 15) is 0 Å². The standard InChI is InChI=1S/C9H16BrN3S/c1-8-11-12-9(14-8)13(2)7-5-3-4-6-10/h3-7H2,1-2H3. The van der Waals surface area contributed by atoms with Gasteiger partial charge in [0.1, 0.15) is 5.01 Å². The Morgan fingerprint density at radius 2 is 2.07 bits per heavy atom. The molecule has 0 radical (unpaired) electrons. The first-order valence-electron chi connectivity index (χ1n) is 4.81. The van der Waals surface area contributed by atoms with Crippen LogP contribution in [0.5, 0.6) is 0 Å². The summed E-state index contributed by atoms with van der Waals surface area (Å²) >= 11 is 5.09. The highest BCUT2D eigenvalue weighted by molar-refractivity contribution is 9.09. The predicted octanol–water partition coefficient (Wildman–Crippen LogP) is 2.85. The fourth-order valence-electron chi connectivity index (χ4n) is 1.16. The lowest BCUT2D eigenvalue weighted by Crippen LogP contribution is -2.18. The van der Waals surface area contributed by atoms with Crippen LogP contribution in [0.15, 0.2) is 0 Å². The second-order valence-electron chi connectivity index (χ2n) is 3.27. The summed E-state index contributed by atoms with van der Waals surface area (Å²) in [6.45, 7) is 3.06. The third-order valence-electron chi connectivity index (χ3n) is 1.97. The van der Waals surface area contributed by atoms with Crippen molar-refractivity contribution >= 4 is 32.4 Å². The zero-order valence-electron chi connectivity index (χ0n) is 8.66. The van der Waals surface area contributed by atoms with E-state index in [0.29, 0.717) is 0 Å². The van der Waals surface area contributed by atoms with Crippen LogP contribution in [-0.4, -0.2) is 29.1 Å². The van der Waals surface area contributed by atoms with Crippen molar-refractivity contribution in [3.63, 3.8) is 0 Å². The number of hydrogen-bond donors (Lipinski definition) is 0. The third-order valence-corrected chi connectivity index (χ3v) is 3.48. The van der Waals surface area contributed by atoms with Gasteiger partial charge < -0.3 is 4.90 Å². The average molecular weight is 278 g/mol. The van der Waals surface area contributed by atoms with Gasteiger partial charge in [0.15, 0.2) is 0 Å². The summed E-state index contributed by atoms with van der Waals surface area (Å²) in [6.07, 6.45) is 3.75. The largest absolute Gasteiger partial charge is 0.350 e. The maximum atomic E-state index is 4.10. The van der Waals surface area contributed by atoms with Crippen molar-refractivity contribution in [1.29, 1.82) is 0 Å². The molecule has 80 valence electrons. The van der Waals surface area contributed by atoms with Gasteiger partial charge >= 0.3 is 0 Å². The van der Waals surface area contributed by atoms with Crippen molar-refractivity contribution in [3.05, 3.63) is 5.01 Å². The van der Waals surface area contributed by atoms with Crippen LogP contribution in [0.3, 0.4) is 0 Å². The number of aromatic nitrogens is 2. The van der Waals surface area contributed by atoms with E-state index in [1.165, 1.54) is 19.3 Å². The van der Waals surface area contributed by atoms with Gasteiger partial charge in [0.2, 0.25) is 5.13 Å². The molecule has 0 fully saturated rings. The van der Waals surface area contributed by atoms with Gasteiger partial charge in [-0.3, -0.25) is 0 Å². The fourth-order valence-corrected chi connectivity index (χ4v) is 2.23. The zero-order valence-corrected chi connectivity index (χ0v) is 11.1. The topological polar surface area (TPSA) is 29.0 Å². The molecule has 0 saturated heterocycles. The molecule has 0 spiro atoms. The van der Waals surface area contributed by atoms with E-state index in [4.69, 9.17) is 0 Å². The lowest BCUT2D eigenvalue weighted by molar-refractivity contribution is 0.708. The molecule has 0 unspecified atom stereocenters. The minimum absolute atomic E-state index is 1.03. The quantitative estimate of drug-likeness (QED) is 0.592. The molecule has 1 heterocycles. The number of aryl methyl sites for hydroxylation is 1. The number of anilines is 1. The van der Waals surface area contributed by atoms with E-state index in [0.717, 1.165) is 22.0 Å². The number of rotatable bonds is 6. The Morgan fingerprint density at radius 1 is 1.29 bits per heavy atom. The molecule has 0 aliphatic carbocycles. The van der Waals surface area contributed by atoms with Gasteiger partial charge in [-0.05, 0) is 19.8 Å². The van der Waals surface area contributed by atoms with Gasteiger partial charge in [-0.25, -0.2) is 0 Å². The maximum absolute atomic E-state index is 4.10. The van der Waals surface area contributed by atoms with Crippen LogP contribution in [0.4, 0.5) is 5.13 Å². The number of unbranched alkanes of at least 4 members (excludes halogenated alkanes) is 2. The molecule has 0 saturated carbocycles. The normalized spacial score (nSPS) is 10.5. The highest BCUT2D eigenvalue weighted by Gasteiger charge is 2.05. The first kappa shape index (κ1) is 11.9. The van der Waals surface area contributed by atoms with E-state index >= 15 is 0 Å². The second-order valence-corrected chi connectivity index (χ2v) is 5.23. The summed E-state index contributed by atoms with van der Waals surface area (Å²) in [6, 6.07) is 0. The van der Waals surface area contributed by atoms with Gasteiger partial charge in [-0.1, -0.05) is 33.7 Å². The van der Waals surface area contributed by atoms with Gasteiger partial charge in [-0.2, -0.15) is 0 Å².